The van der Waals surface area contributed by atoms with Crippen LogP contribution < -0.4 is 16.4 Å². The molecular weight excluding hydrogens is 303 g/mol. The number of hydrogen-bond acceptors (Lipinski definition) is 2. The number of hydrogen-bond donors (Lipinski definition) is 3. The number of nitrogens with one attached hydrogen (secondary N) is 2. The molecule has 4 N–H and O–H groups in total. The summed E-state index contributed by atoms with van der Waals surface area (Å²) in [5.41, 5.74) is 6.31. The van der Waals surface area contributed by atoms with Crippen LogP contribution in [0.5, 0.6) is 0 Å². The molecule has 0 radical (unpaired) electrons. The lowest BCUT2D eigenvalue weighted by Crippen LogP contribution is -2.36. The van der Waals surface area contributed by atoms with Gasteiger partial charge >= 0.3 is 12.2 Å². The first-order valence-corrected chi connectivity index (χ1v) is 5.24. The maximum absolute atomic E-state index is 11.8. The monoisotopic (exact) mass is 311 g/mol. The Bertz CT molecular complexity index is 422. The SMILES string of the molecule is Nc1ccc(NC(=O)NCC(F)(F)F)cc1Br. The van der Waals surface area contributed by atoms with E-state index in [1.807, 2.05) is 0 Å². The van der Waals surface area contributed by atoms with Crippen LogP contribution in [-0.2, 0) is 0 Å². The normalized spacial score (nSPS) is 11.1. The number of carbonyl (C=O) groups excluding carboxylic acids is 1. The summed E-state index contributed by atoms with van der Waals surface area (Å²) in [6, 6.07) is 3.55. The van der Waals surface area contributed by atoms with Crippen LogP contribution in [-0.4, -0.2) is 18.8 Å². The highest BCUT2D eigenvalue weighted by molar-refractivity contribution is 9.10. The van der Waals surface area contributed by atoms with Crippen LogP contribution in [0.1, 0.15) is 0 Å². The van der Waals surface area contributed by atoms with Gasteiger partial charge in [0, 0.05) is 15.8 Å². The average molecular weight is 312 g/mol. The molecule has 0 saturated carbocycles. The molecule has 4 nitrogen and oxygen atoms in total. The number of carbonyl (C=O) groups is 1. The topological polar surface area (TPSA) is 67.1 Å². The van der Waals surface area contributed by atoms with Gasteiger partial charge in [0.15, 0.2) is 0 Å². The molecule has 1 aromatic rings. The van der Waals surface area contributed by atoms with Gasteiger partial charge in [-0.05, 0) is 34.1 Å². The minimum Gasteiger partial charge on any atom is -0.398 e. The van der Waals surface area contributed by atoms with Gasteiger partial charge in [-0.15, -0.1) is 0 Å². The van der Waals surface area contributed by atoms with Crippen molar-refractivity contribution < 1.29 is 18.0 Å². The van der Waals surface area contributed by atoms with E-state index in [4.69, 9.17) is 5.73 Å². The number of rotatable bonds is 2. The molecule has 1 aromatic carbocycles. The van der Waals surface area contributed by atoms with Crippen LogP contribution in [0.15, 0.2) is 22.7 Å². The van der Waals surface area contributed by atoms with Crippen LogP contribution in [0.25, 0.3) is 0 Å². The average Bonchev–Trinajstić information content (AvgIpc) is 2.20. The first kappa shape index (κ1) is 13.6. The highest BCUT2D eigenvalue weighted by Gasteiger charge is 2.27. The summed E-state index contributed by atoms with van der Waals surface area (Å²) in [6.45, 7) is -1.38. The van der Waals surface area contributed by atoms with E-state index < -0.39 is 18.8 Å². The van der Waals surface area contributed by atoms with E-state index in [1.54, 1.807) is 5.32 Å². The maximum atomic E-state index is 11.8. The van der Waals surface area contributed by atoms with Gasteiger partial charge in [-0.25, -0.2) is 4.79 Å². The maximum Gasteiger partial charge on any atom is 0.405 e. The molecule has 94 valence electrons. The Morgan fingerprint density at radius 1 is 1.41 bits per heavy atom. The first-order valence-electron chi connectivity index (χ1n) is 4.44. The summed E-state index contributed by atoms with van der Waals surface area (Å²) in [6.07, 6.45) is -4.43. The van der Waals surface area contributed by atoms with Crippen molar-refractivity contribution in [3.8, 4) is 0 Å². The van der Waals surface area contributed by atoms with E-state index in [2.05, 4.69) is 21.2 Å². The zero-order valence-corrected chi connectivity index (χ0v) is 10.0. The third-order valence-corrected chi connectivity index (χ3v) is 2.39. The largest absolute Gasteiger partial charge is 0.405 e. The molecule has 0 atom stereocenters. The number of nitrogen functional groups attached to an aromatic ring is 1. The van der Waals surface area contributed by atoms with E-state index in [-0.39, 0.29) is 0 Å². The van der Waals surface area contributed by atoms with E-state index in [1.165, 1.54) is 18.2 Å². The molecule has 0 unspecified atom stereocenters. The van der Waals surface area contributed by atoms with Crippen LogP contribution in [0.2, 0.25) is 0 Å². The van der Waals surface area contributed by atoms with Crippen molar-refractivity contribution >= 4 is 33.3 Å². The van der Waals surface area contributed by atoms with E-state index in [9.17, 15) is 18.0 Å². The Labute approximate surface area is 103 Å². The van der Waals surface area contributed by atoms with Gasteiger partial charge in [-0.1, -0.05) is 0 Å². The molecule has 0 aliphatic rings. The van der Waals surface area contributed by atoms with Gasteiger partial charge < -0.3 is 16.4 Å². The second-order valence-electron chi connectivity index (χ2n) is 3.16. The summed E-state index contributed by atoms with van der Waals surface area (Å²) < 4.78 is 36.0. The Kier molecular flexibility index (Phi) is 4.22. The van der Waals surface area contributed by atoms with Gasteiger partial charge in [0.2, 0.25) is 0 Å². The van der Waals surface area contributed by atoms with Crippen LogP contribution in [0, 0.1) is 0 Å². The molecule has 0 aliphatic heterocycles. The number of nitrogens with two attached hydrogens (primary N) is 1. The lowest BCUT2D eigenvalue weighted by atomic mass is 10.3. The lowest BCUT2D eigenvalue weighted by molar-refractivity contribution is -0.122. The zero-order valence-electron chi connectivity index (χ0n) is 8.44. The van der Waals surface area contributed by atoms with Crippen molar-refractivity contribution in [2.75, 3.05) is 17.6 Å². The van der Waals surface area contributed by atoms with Crippen molar-refractivity contribution in [2.24, 2.45) is 0 Å². The molecule has 8 heteroatoms. The highest BCUT2D eigenvalue weighted by atomic mass is 79.9. The van der Waals surface area contributed by atoms with Crippen LogP contribution >= 0.6 is 15.9 Å². The number of anilines is 2. The van der Waals surface area contributed by atoms with Crippen molar-refractivity contribution in [3.63, 3.8) is 0 Å². The molecule has 0 aliphatic carbocycles. The van der Waals surface area contributed by atoms with Gasteiger partial charge in [-0.2, -0.15) is 13.2 Å². The highest BCUT2D eigenvalue weighted by Crippen LogP contribution is 2.23. The zero-order chi connectivity index (χ0) is 13.1. The quantitative estimate of drug-likeness (QED) is 0.735. The van der Waals surface area contributed by atoms with Crippen LogP contribution in [0.3, 0.4) is 0 Å². The molecular formula is C9H9BrF3N3O. The third kappa shape index (κ3) is 4.94. The smallest absolute Gasteiger partial charge is 0.398 e. The Hall–Kier alpha value is -1.44. The lowest BCUT2D eigenvalue weighted by Gasteiger charge is -2.10. The summed E-state index contributed by atoms with van der Waals surface area (Å²) in [4.78, 5) is 11.1. The molecule has 0 spiro atoms. The van der Waals surface area contributed by atoms with Crippen molar-refractivity contribution in [1.29, 1.82) is 0 Å². The Balaban J connectivity index is 2.54. The molecule has 2 amide bonds. The minimum atomic E-state index is -4.43. The summed E-state index contributed by atoms with van der Waals surface area (Å²) in [5.74, 6) is 0. The Morgan fingerprint density at radius 2 is 2.06 bits per heavy atom. The second kappa shape index (κ2) is 5.26. The molecule has 0 fully saturated rings. The molecule has 0 bridgehead atoms. The van der Waals surface area contributed by atoms with E-state index >= 15 is 0 Å². The van der Waals surface area contributed by atoms with E-state index in [0.717, 1.165) is 0 Å². The van der Waals surface area contributed by atoms with Gasteiger partial charge in [0.25, 0.3) is 0 Å². The molecule has 0 saturated heterocycles. The van der Waals surface area contributed by atoms with Crippen molar-refractivity contribution in [1.82, 2.24) is 5.32 Å². The summed E-state index contributed by atoms with van der Waals surface area (Å²) >= 11 is 3.13. The fourth-order valence-electron chi connectivity index (χ4n) is 0.961. The molecule has 1 rings (SSSR count). The number of alkyl halides is 3. The predicted molar refractivity (Wildman–Crippen MR) is 61.6 cm³/mol. The number of urea groups is 1. The summed E-state index contributed by atoms with van der Waals surface area (Å²) in [7, 11) is 0. The Morgan fingerprint density at radius 3 is 2.59 bits per heavy atom. The predicted octanol–water partition coefficient (Wildman–Crippen LogP) is 2.72. The molecule has 0 heterocycles. The van der Waals surface area contributed by atoms with E-state index in [0.29, 0.717) is 15.8 Å². The minimum absolute atomic E-state index is 0.339. The fourth-order valence-corrected chi connectivity index (χ4v) is 1.34. The number of amides is 2. The first-order chi connectivity index (χ1) is 7.78. The summed E-state index contributed by atoms with van der Waals surface area (Å²) in [5, 5.41) is 3.93. The van der Waals surface area contributed by atoms with Crippen molar-refractivity contribution in [2.45, 2.75) is 6.18 Å². The van der Waals surface area contributed by atoms with Crippen molar-refractivity contribution in [3.05, 3.63) is 22.7 Å². The van der Waals surface area contributed by atoms with Gasteiger partial charge in [-0.3, -0.25) is 0 Å². The van der Waals surface area contributed by atoms with Gasteiger partial charge in [0.1, 0.15) is 6.54 Å². The van der Waals surface area contributed by atoms with Gasteiger partial charge in [0.05, 0.1) is 0 Å². The second-order valence-corrected chi connectivity index (χ2v) is 4.01. The third-order valence-electron chi connectivity index (χ3n) is 1.71. The number of halogens is 4. The fraction of sp³-hybridized carbons (Fsp3) is 0.222. The standard InChI is InChI=1S/C9H9BrF3N3O/c10-6-3-5(1-2-7(6)14)16-8(17)15-4-9(11,12)13/h1-3H,4,14H2,(H2,15,16,17). The molecule has 17 heavy (non-hydrogen) atoms. The van der Waals surface area contributed by atoms with Crippen LogP contribution in [0.4, 0.5) is 29.3 Å². The number of benzene rings is 1. The molecule has 0 aromatic heterocycles.